The molecule has 8 nitrogen and oxygen atoms in total. The number of aliphatic carboxylic acids is 1. The summed E-state index contributed by atoms with van der Waals surface area (Å²) in [6, 6.07) is 4.11. The Kier molecular flexibility index (Phi) is 3.80. The smallest absolute Gasteiger partial charge is 0.327 e. The molecule has 2 aromatic heterocycles. The Morgan fingerprint density at radius 1 is 1.35 bits per heavy atom. The van der Waals surface area contributed by atoms with Crippen LogP contribution in [-0.4, -0.2) is 64.0 Å². The number of hydrogen-bond acceptors (Lipinski definition) is 5. The quantitative estimate of drug-likeness (QED) is 0.815. The van der Waals surface area contributed by atoms with Crippen LogP contribution in [0.1, 0.15) is 5.56 Å². The minimum atomic E-state index is -3.43. The molecule has 0 spiro atoms. The molecule has 9 heteroatoms. The summed E-state index contributed by atoms with van der Waals surface area (Å²) < 4.78 is 24.8. The van der Waals surface area contributed by atoms with Gasteiger partial charge in [0.1, 0.15) is 6.04 Å². The number of carboxylic acid groups (broad SMARTS) is 1. The zero-order valence-electron chi connectivity index (χ0n) is 12.1. The van der Waals surface area contributed by atoms with Gasteiger partial charge in [0.25, 0.3) is 0 Å². The van der Waals surface area contributed by atoms with Crippen LogP contribution in [0, 0.1) is 0 Å². The maximum absolute atomic E-state index is 12.5. The van der Waals surface area contributed by atoms with Crippen LogP contribution in [0.4, 0.5) is 0 Å². The van der Waals surface area contributed by atoms with E-state index in [4.69, 9.17) is 0 Å². The molecule has 1 fully saturated rings. The second-order valence-corrected chi connectivity index (χ2v) is 7.66. The van der Waals surface area contributed by atoms with Crippen molar-refractivity contribution in [1.29, 1.82) is 0 Å². The summed E-state index contributed by atoms with van der Waals surface area (Å²) in [7, 11) is -3.43. The lowest BCUT2D eigenvalue weighted by Gasteiger charge is -2.32. The maximum atomic E-state index is 12.5. The molecule has 3 rings (SSSR count). The Morgan fingerprint density at radius 3 is 2.87 bits per heavy atom. The van der Waals surface area contributed by atoms with E-state index in [1.54, 1.807) is 16.9 Å². The van der Waals surface area contributed by atoms with Gasteiger partial charge in [0, 0.05) is 18.3 Å². The van der Waals surface area contributed by atoms with Crippen molar-refractivity contribution in [3.8, 4) is 0 Å². The second kappa shape index (κ2) is 5.65. The van der Waals surface area contributed by atoms with Crippen LogP contribution in [0.25, 0.3) is 5.52 Å². The zero-order chi connectivity index (χ0) is 16.6. The predicted octanol–water partition coefficient (Wildman–Crippen LogP) is -0.413. The largest absolute Gasteiger partial charge is 0.480 e. The number of hydrogen-bond donors (Lipinski definition) is 1. The molecule has 0 aliphatic carbocycles. The van der Waals surface area contributed by atoms with Crippen molar-refractivity contribution in [2.45, 2.75) is 12.5 Å². The van der Waals surface area contributed by atoms with E-state index in [2.05, 4.69) is 5.10 Å². The van der Waals surface area contributed by atoms with E-state index >= 15 is 0 Å². The molecule has 23 heavy (non-hydrogen) atoms. The van der Waals surface area contributed by atoms with Gasteiger partial charge in [-0.25, -0.2) is 17.7 Å². The van der Waals surface area contributed by atoms with E-state index in [-0.39, 0.29) is 18.7 Å². The zero-order valence-corrected chi connectivity index (χ0v) is 12.9. The minimum Gasteiger partial charge on any atom is -0.480 e. The van der Waals surface area contributed by atoms with Gasteiger partial charge in [0.05, 0.1) is 29.6 Å². The summed E-state index contributed by atoms with van der Waals surface area (Å²) in [5.74, 6) is -2.47. The van der Waals surface area contributed by atoms with Gasteiger partial charge >= 0.3 is 5.97 Å². The lowest BCUT2D eigenvalue weighted by atomic mass is 10.1. The van der Waals surface area contributed by atoms with Crippen LogP contribution >= 0.6 is 0 Å². The number of nitrogens with zero attached hydrogens (tertiary/aromatic N) is 3. The Labute approximate surface area is 132 Å². The molecule has 0 saturated carbocycles. The molecular formula is C14H15N3O5S. The number of rotatable bonds is 3. The number of carboxylic acids is 1. The van der Waals surface area contributed by atoms with Crippen molar-refractivity contribution in [2.24, 2.45) is 0 Å². The number of carbonyl (C=O) groups excluding carboxylic acids is 1. The average Bonchev–Trinajstić information content (AvgIpc) is 2.89. The molecule has 2 aromatic rings. The van der Waals surface area contributed by atoms with E-state index in [0.717, 1.165) is 10.4 Å². The van der Waals surface area contributed by atoms with Crippen molar-refractivity contribution < 1.29 is 23.1 Å². The van der Waals surface area contributed by atoms with Crippen LogP contribution < -0.4 is 0 Å². The highest BCUT2D eigenvalue weighted by Gasteiger charge is 2.38. The Morgan fingerprint density at radius 2 is 2.13 bits per heavy atom. The van der Waals surface area contributed by atoms with Crippen LogP contribution in [-0.2, 0) is 25.8 Å². The summed E-state index contributed by atoms with van der Waals surface area (Å²) in [6.07, 6.45) is 3.29. The van der Waals surface area contributed by atoms with Gasteiger partial charge in [-0.3, -0.25) is 4.79 Å². The average molecular weight is 337 g/mol. The molecule has 0 bridgehead atoms. The van der Waals surface area contributed by atoms with E-state index < -0.39 is 33.5 Å². The molecule has 0 aromatic carbocycles. The topological polar surface area (TPSA) is 109 Å². The van der Waals surface area contributed by atoms with Gasteiger partial charge in [0.2, 0.25) is 5.91 Å². The van der Waals surface area contributed by atoms with Gasteiger partial charge in [-0.1, -0.05) is 6.07 Å². The highest BCUT2D eigenvalue weighted by molar-refractivity contribution is 7.91. The first-order chi connectivity index (χ1) is 10.9. The molecule has 122 valence electrons. The fourth-order valence-corrected chi connectivity index (χ4v) is 4.14. The minimum absolute atomic E-state index is 0.0165. The molecule has 0 radical (unpaired) electrons. The standard InChI is InChI=1S/C14H15N3O5S/c18-13(7-10-8-15-17-4-2-1-3-11(10)17)16-5-6-23(21,22)9-12(16)14(19)20/h1-4,8,12H,5-7,9H2,(H,19,20). The first kappa shape index (κ1) is 15.5. The number of carbonyl (C=O) groups is 2. The van der Waals surface area contributed by atoms with Crippen molar-refractivity contribution >= 4 is 27.2 Å². The van der Waals surface area contributed by atoms with Crippen LogP contribution in [0.3, 0.4) is 0 Å². The molecule has 1 aliphatic rings. The van der Waals surface area contributed by atoms with Gasteiger partial charge in [-0.2, -0.15) is 5.10 Å². The summed E-state index contributed by atoms with van der Waals surface area (Å²) in [6.45, 7) is -0.0999. The number of pyridine rings is 1. The van der Waals surface area contributed by atoms with Gasteiger partial charge < -0.3 is 10.0 Å². The normalized spacial score (nSPS) is 20.5. The third kappa shape index (κ3) is 3.04. The second-order valence-electron chi connectivity index (χ2n) is 5.43. The summed E-state index contributed by atoms with van der Waals surface area (Å²) in [5.41, 5.74) is 1.44. The lowest BCUT2D eigenvalue weighted by Crippen LogP contribution is -2.55. The summed E-state index contributed by atoms with van der Waals surface area (Å²) in [4.78, 5) is 24.9. The lowest BCUT2D eigenvalue weighted by molar-refractivity contribution is -0.149. The molecule has 1 N–H and O–H groups in total. The van der Waals surface area contributed by atoms with E-state index in [9.17, 15) is 23.1 Å². The van der Waals surface area contributed by atoms with Crippen LogP contribution in [0.2, 0.25) is 0 Å². The maximum Gasteiger partial charge on any atom is 0.327 e. The summed E-state index contributed by atoms with van der Waals surface area (Å²) >= 11 is 0. The van der Waals surface area contributed by atoms with Crippen LogP contribution in [0.5, 0.6) is 0 Å². The highest BCUT2D eigenvalue weighted by atomic mass is 32.2. The number of amides is 1. The van der Waals surface area contributed by atoms with E-state index in [1.165, 1.54) is 0 Å². The van der Waals surface area contributed by atoms with Crippen molar-refractivity contribution in [1.82, 2.24) is 14.5 Å². The molecule has 1 unspecified atom stereocenters. The van der Waals surface area contributed by atoms with Gasteiger partial charge in [-0.15, -0.1) is 0 Å². The Balaban J connectivity index is 1.83. The fraction of sp³-hybridized carbons (Fsp3) is 0.357. The molecule has 3 heterocycles. The first-order valence-corrected chi connectivity index (χ1v) is 8.83. The van der Waals surface area contributed by atoms with Crippen LogP contribution in [0.15, 0.2) is 30.6 Å². The SMILES string of the molecule is O=C(O)C1CS(=O)(=O)CCN1C(=O)Cc1cnn2ccccc12. The number of sulfone groups is 1. The molecule has 1 saturated heterocycles. The van der Waals surface area contributed by atoms with E-state index in [0.29, 0.717) is 5.56 Å². The number of aromatic nitrogens is 2. The molecule has 1 aliphatic heterocycles. The van der Waals surface area contributed by atoms with Crippen molar-refractivity contribution in [3.63, 3.8) is 0 Å². The Bertz CT molecular complexity index is 873. The summed E-state index contributed by atoms with van der Waals surface area (Å²) in [5, 5.41) is 13.3. The third-order valence-corrected chi connectivity index (χ3v) is 5.51. The molecular weight excluding hydrogens is 322 g/mol. The van der Waals surface area contributed by atoms with Crippen molar-refractivity contribution in [3.05, 3.63) is 36.2 Å². The predicted molar refractivity (Wildman–Crippen MR) is 80.7 cm³/mol. The highest BCUT2D eigenvalue weighted by Crippen LogP contribution is 2.17. The number of fused-ring (bicyclic) bond motifs is 1. The molecule has 1 amide bonds. The first-order valence-electron chi connectivity index (χ1n) is 7.01. The van der Waals surface area contributed by atoms with E-state index in [1.807, 2.05) is 18.2 Å². The molecule has 1 atom stereocenters. The van der Waals surface area contributed by atoms with Gasteiger partial charge in [-0.05, 0) is 12.1 Å². The monoisotopic (exact) mass is 337 g/mol. The van der Waals surface area contributed by atoms with Gasteiger partial charge in [0.15, 0.2) is 9.84 Å². The Hall–Kier alpha value is -2.42. The van der Waals surface area contributed by atoms with Crippen molar-refractivity contribution in [2.75, 3.05) is 18.1 Å². The third-order valence-electron chi connectivity index (χ3n) is 3.88. The fourth-order valence-electron chi connectivity index (χ4n) is 2.70.